The highest BCUT2D eigenvalue weighted by Crippen LogP contribution is 2.24. The van der Waals surface area contributed by atoms with E-state index in [2.05, 4.69) is 25.1 Å². The number of nitrogens with zero attached hydrogens (tertiary/aromatic N) is 1. The third kappa shape index (κ3) is 2.86. The van der Waals surface area contributed by atoms with E-state index < -0.39 is 0 Å². The van der Waals surface area contributed by atoms with Crippen molar-refractivity contribution in [3.05, 3.63) is 83.2 Å². The van der Waals surface area contributed by atoms with Crippen LogP contribution < -0.4 is 5.56 Å². The Balaban J connectivity index is 2.21. The Morgan fingerprint density at radius 2 is 1.36 bits per heavy atom. The summed E-state index contributed by atoms with van der Waals surface area (Å²) in [5.74, 6) is 0. The van der Waals surface area contributed by atoms with Crippen molar-refractivity contribution in [3.8, 4) is 22.4 Å². The topological polar surface area (TPSA) is 22.0 Å². The second-order valence-corrected chi connectivity index (χ2v) is 5.35. The van der Waals surface area contributed by atoms with Crippen molar-refractivity contribution in [1.29, 1.82) is 0 Å². The molecule has 0 amide bonds. The summed E-state index contributed by atoms with van der Waals surface area (Å²) in [6, 6.07) is 24.0. The smallest absolute Gasteiger partial charge is 0.251 e. The number of pyridine rings is 1. The predicted molar refractivity (Wildman–Crippen MR) is 91.9 cm³/mol. The third-order valence-electron chi connectivity index (χ3n) is 3.75. The van der Waals surface area contributed by atoms with E-state index in [1.807, 2.05) is 53.1 Å². The van der Waals surface area contributed by atoms with Crippen LogP contribution >= 0.6 is 0 Å². The average molecular weight is 289 g/mol. The lowest BCUT2D eigenvalue weighted by atomic mass is 10.0. The van der Waals surface area contributed by atoms with Crippen LogP contribution in [0.1, 0.15) is 13.3 Å². The van der Waals surface area contributed by atoms with E-state index in [-0.39, 0.29) is 5.56 Å². The monoisotopic (exact) mass is 289 g/mol. The molecule has 1 aromatic heterocycles. The Morgan fingerprint density at radius 3 is 1.95 bits per heavy atom. The zero-order chi connectivity index (χ0) is 15.4. The van der Waals surface area contributed by atoms with Crippen molar-refractivity contribution in [3.63, 3.8) is 0 Å². The molecule has 1 heterocycles. The van der Waals surface area contributed by atoms with Gasteiger partial charge in [0, 0.05) is 12.6 Å². The van der Waals surface area contributed by atoms with E-state index in [1.54, 1.807) is 6.07 Å². The van der Waals surface area contributed by atoms with Crippen LogP contribution in [-0.2, 0) is 6.54 Å². The van der Waals surface area contributed by atoms with Crippen LogP contribution in [-0.4, -0.2) is 4.57 Å². The summed E-state index contributed by atoms with van der Waals surface area (Å²) >= 11 is 0. The van der Waals surface area contributed by atoms with Gasteiger partial charge in [-0.05, 0) is 29.2 Å². The van der Waals surface area contributed by atoms with Crippen molar-refractivity contribution in [2.45, 2.75) is 19.9 Å². The van der Waals surface area contributed by atoms with E-state index in [0.717, 1.165) is 35.3 Å². The lowest BCUT2D eigenvalue weighted by Crippen LogP contribution is -2.21. The molecule has 110 valence electrons. The molecule has 0 radical (unpaired) electrons. The molecule has 22 heavy (non-hydrogen) atoms. The number of rotatable bonds is 4. The Morgan fingerprint density at radius 1 is 0.773 bits per heavy atom. The maximum atomic E-state index is 12.6. The van der Waals surface area contributed by atoms with Gasteiger partial charge in [0.05, 0.1) is 5.69 Å². The van der Waals surface area contributed by atoms with E-state index in [0.29, 0.717) is 0 Å². The van der Waals surface area contributed by atoms with Crippen molar-refractivity contribution in [1.82, 2.24) is 4.57 Å². The first-order valence-electron chi connectivity index (χ1n) is 7.65. The quantitative estimate of drug-likeness (QED) is 0.688. The molecular formula is C20H19NO. The molecule has 3 rings (SSSR count). The zero-order valence-corrected chi connectivity index (χ0v) is 12.7. The maximum Gasteiger partial charge on any atom is 0.251 e. The van der Waals surface area contributed by atoms with Gasteiger partial charge < -0.3 is 4.57 Å². The summed E-state index contributed by atoms with van der Waals surface area (Å²) in [6.07, 6.45) is 0.935. The van der Waals surface area contributed by atoms with E-state index in [1.165, 1.54) is 0 Å². The Hall–Kier alpha value is -2.61. The third-order valence-corrected chi connectivity index (χ3v) is 3.75. The summed E-state index contributed by atoms with van der Waals surface area (Å²) in [5, 5.41) is 0. The van der Waals surface area contributed by atoms with Crippen molar-refractivity contribution in [2.75, 3.05) is 0 Å². The summed E-state index contributed by atoms with van der Waals surface area (Å²) in [7, 11) is 0. The minimum Gasteiger partial charge on any atom is -0.308 e. The minimum atomic E-state index is 0.0575. The van der Waals surface area contributed by atoms with Crippen molar-refractivity contribution < 1.29 is 0 Å². The van der Waals surface area contributed by atoms with Gasteiger partial charge in [0.15, 0.2) is 0 Å². The van der Waals surface area contributed by atoms with Crippen LogP contribution in [0.4, 0.5) is 0 Å². The summed E-state index contributed by atoms with van der Waals surface area (Å²) in [4.78, 5) is 12.6. The van der Waals surface area contributed by atoms with Gasteiger partial charge in [0.1, 0.15) is 0 Å². The largest absolute Gasteiger partial charge is 0.308 e. The normalized spacial score (nSPS) is 10.6. The lowest BCUT2D eigenvalue weighted by Gasteiger charge is -2.14. The second kappa shape index (κ2) is 6.44. The molecule has 0 unspecified atom stereocenters. The predicted octanol–water partition coefficient (Wildman–Crippen LogP) is 4.59. The van der Waals surface area contributed by atoms with Gasteiger partial charge in [-0.2, -0.15) is 0 Å². The average Bonchev–Trinajstić information content (AvgIpc) is 2.58. The number of hydrogen-bond acceptors (Lipinski definition) is 1. The first-order valence-corrected chi connectivity index (χ1v) is 7.65. The van der Waals surface area contributed by atoms with E-state index in [4.69, 9.17) is 0 Å². The summed E-state index contributed by atoms with van der Waals surface area (Å²) < 4.78 is 1.86. The van der Waals surface area contributed by atoms with E-state index >= 15 is 0 Å². The fourth-order valence-corrected chi connectivity index (χ4v) is 2.70. The van der Waals surface area contributed by atoms with Crippen LogP contribution in [0.2, 0.25) is 0 Å². The molecule has 2 heteroatoms. The Bertz CT molecular complexity index is 804. The zero-order valence-electron chi connectivity index (χ0n) is 12.7. The molecule has 0 bridgehead atoms. The van der Waals surface area contributed by atoms with Gasteiger partial charge in [0.2, 0.25) is 0 Å². The highest BCUT2D eigenvalue weighted by Gasteiger charge is 2.09. The standard InChI is InChI=1S/C20H19NO/c1-2-13-21-19(17-11-7-4-8-12-17)14-18(15-20(21)22)16-9-5-3-6-10-16/h3-12,14-15H,2,13H2,1H3. The molecule has 0 spiro atoms. The molecule has 0 atom stereocenters. The first-order chi connectivity index (χ1) is 10.8. The number of aromatic nitrogens is 1. The van der Waals surface area contributed by atoms with Crippen molar-refractivity contribution in [2.24, 2.45) is 0 Å². The van der Waals surface area contributed by atoms with Gasteiger partial charge >= 0.3 is 0 Å². The summed E-state index contributed by atoms with van der Waals surface area (Å²) in [6.45, 7) is 2.82. The minimum absolute atomic E-state index is 0.0575. The summed E-state index contributed by atoms with van der Waals surface area (Å²) in [5.41, 5.74) is 4.15. The van der Waals surface area contributed by atoms with Gasteiger partial charge in [-0.1, -0.05) is 67.6 Å². The molecular weight excluding hydrogens is 270 g/mol. The molecule has 0 saturated carbocycles. The number of benzene rings is 2. The molecule has 0 fully saturated rings. The molecule has 0 aliphatic heterocycles. The Labute approximate surface area is 130 Å². The van der Waals surface area contributed by atoms with Gasteiger partial charge in [-0.3, -0.25) is 4.79 Å². The molecule has 0 N–H and O–H groups in total. The second-order valence-electron chi connectivity index (χ2n) is 5.35. The first kappa shape index (κ1) is 14.3. The van der Waals surface area contributed by atoms with Gasteiger partial charge in [-0.15, -0.1) is 0 Å². The molecule has 0 aliphatic rings. The number of hydrogen-bond donors (Lipinski definition) is 0. The van der Waals surface area contributed by atoms with Crippen LogP contribution in [0.25, 0.3) is 22.4 Å². The van der Waals surface area contributed by atoms with Gasteiger partial charge in [-0.25, -0.2) is 0 Å². The van der Waals surface area contributed by atoms with Crippen LogP contribution in [0.15, 0.2) is 77.6 Å². The molecule has 3 aromatic rings. The van der Waals surface area contributed by atoms with Gasteiger partial charge in [0.25, 0.3) is 5.56 Å². The van der Waals surface area contributed by atoms with E-state index in [9.17, 15) is 4.79 Å². The van der Waals surface area contributed by atoms with Crippen LogP contribution in [0.5, 0.6) is 0 Å². The van der Waals surface area contributed by atoms with Crippen molar-refractivity contribution >= 4 is 0 Å². The highest BCUT2D eigenvalue weighted by molar-refractivity contribution is 5.70. The lowest BCUT2D eigenvalue weighted by molar-refractivity contribution is 0.661. The molecule has 0 saturated heterocycles. The molecule has 2 aromatic carbocycles. The fraction of sp³-hybridized carbons (Fsp3) is 0.150. The van der Waals surface area contributed by atoms with Crippen LogP contribution in [0.3, 0.4) is 0 Å². The fourth-order valence-electron chi connectivity index (χ4n) is 2.70. The highest BCUT2D eigenvalue weighted by atomic mass is 16.1. The van der Waals surface area contributed by atoms with Crippen LogP contribution in [0, 0.1) is 0 Å². The Kier molecular flexibility index (Phi) is 4.19. The molecule has 0 aliphatic carbocycles. The SMILES string of the molecule is CCCn1c(-c2ccccc2)cc(-c2ccccc2)cc1=O. The molecule has 2 nitrogen and oxygen atoms in total. The maximum absolute atomic E-state index is 12.6.